The van der Waals surface area contributed by atoms with Crippen LogP contribution in [0.1, 0.15) is 65.0 Å². The molecule has 0 radical (unpaired) electrons. The Labute approximate surface area is 158 Å². The summed E-state index contributed by atoms with van der Waals surface area (Å²) in [5, 5.41) is 10.5. The minimum atomic E-state index is -0.482. The third-order valence-electron chi connectivity index (χ3n) is 4.96. The third kappa shape index (κ3) is 3.54. The van der Waals surface area contributed by atoms with Crippen LogP contribution in [0.2, 0.25) is 0 Å². The normalized spacial score (nSPS) is 15.3. The second kappa shape index (κ2) is 7.82. The Balaban J connectivity index is 2.07. The van der Waals surface area contributed by atoms with Crippen LogP contribution in [0.3, 0.4) is 0 Å². The van der Waals surface area contributed by atoms with Gasteiger partial charge in [-0.2, -0.15) is 0 Å². The minimum absolute atomic E-state index is 0.0641. The summed E-state index contributed by atoms with van der Waals surface area (Å²) < 4.78 is 10.1. The quantitative estimate of drug-likeness (QED) is 0.789. The van der Waals surface area contributed by atoms with E-state index < -0.39 is 5.97 Å². The number of ether oxygens (including phenoxy) is 2. The first-order valence-corrected chi connectivity index (χ1v) is 9.31. The predicted molar refractivity (Wildman–Crippen MR) is 102 cm³/mol. The number of hydrogen-bond acceptors (Lipinski definition) is 5. The van der Waals surface area contributed by atoms with Gasteiger partial charge in [0.05, 0.1) is 18.8 Å². The van der Waals surface area contributed by atoms with E-state index in [-0.39, 0.29) is 29.8 Å². The molecule has 1 aliphatic carbocycles. The highest BCUT2D eigenvalue weighted by Crippen LogP contribution is 2.45. The second-order valence-electron chi connectivity index (χ2n) is 6.67. The first-order valence-electron chi connectivity index (χ1n) is 9.31. The average molecular weight is 368 g/mol. The maximum absolute atomic E-state index is 12.3. The lowest BCUT2D eigenvalue weighted by Gasteiger charge is -2.17. The Kier molecular flexibility index (Phi) is 5.49. The summed E-state index contributed by atoms with van der Waals surface area (Å²) in [6, 6.07) is 8.75. The first kappa shape index (κ1) is 19.0. The molecular formula is C22H24O5. The van der Waals surface area contributed by atoms with Crippen LogP contribution >= 0.6 is 0 Å². The number of hydrogen-bond donors (Lipinski definition) is 1. The molecule has 5 nitrogen and oxygen atoms in total. The van der Waals surface area contributed by atoms with Crippen LogP contribution in [0.15, 0.2) is 30.3 Å². The highest BCUT2D eigenvalue weighted by molar-refractivity contribution is 5.97. The number of carbonyl (C=O) groups is 2. The number of benzene rings is 2. The largest absolute Gasteiger partial charge is 0.507 e. The lowest BCUT2D eigenvalue weighted by Crippen LogP contribution is -2.09. The van der Waals surface area contributed by atoms with Crippen molar-refractivity contribution < 1.29 is 24.2 Å². The molecule has 0 aliphatic heterocycles. The van der Waals surface area contributed by atoms with Gasteiger partial charge >= 0.3 is 11.9 Å². The van der Waals surface area contributed by atoms with Gasteiger partial charge in [-0.05, 0) is 73.1 Å². The predicted octanol–water partition coefficient (Wildman–Crippen LogP) is 4.46. The highest BCUT2D eigenvalue weighted by Gasteiger charge is 2.30. The molecule has 3 rings (SSSR count). The molecule has 27 heavy (non-hydrogen) atoms. The van der Waals surface area contributed by atoms with E-state index >= 15 is 0 Å². The molecule has 1 aliphatic rings. The van der Waals surface area contributed by atoms with Crippen molar-refractivity contribution in [3.8, 4) is 16.9 Å². The smallest absolute Gasteiger partial charge is 0.342 e. The summed E-state index contributed by atoms with van der Waals surface area (Å²) in [5.74, 6) is -0.632. The maximum atomic E-state index is 12.3. The molecule has 0 spiro atoms. The third-order valence-corrected chi connectivity index (χ3v) is 4.96. The first-order chi connectivity index (χ1) is 13.0. The molecule has 0 fully saturated rings. The SMILES string of the molecule is CCOC(=O)c1ccc(-c2cc(O)c(C(=O)OCC)c3c2C(C)CC3)cc1. The van der Waals surface area contributed by atoms with Gasteiger partial charge in [0.25, 0.3) is 0 Å². The van der Waals surface area contributed by atoms with Crippen LogP contribution in [0.4, 0.5) is 0 Å². The molecule has 2 aromatic rings. The average Bonchev–Trinajstić information content (AvgIpc) is 3.03. The molecule has 0 saturated carbocycles. The molecule has 0 saturated heterocycles. The number of carbonyl (C=O) groups excluding carboxylic acids is 2. The van der Waals surface area contributed by atoms with E-state index in [0.717, 1.165) is 35.1 Å². The van der Waals surface area contributed by atoms with Crippen molar-refractivity contribution in [1.29, 1.82) is 0 Å². The number of esters is 2. The highest BCUT2D eigenvalue weighted by atomic mass is 16.5. The molecule has 0 amide bonds. The van der Waals surface area contributed by atoms with Crippen molar-refractivity contribution in [2.24, 2.45) is 0 Å². The zero-order valence-corrected chi connectivity index (χ0v) is 15.9. The van der Waals surface area contributed by atoms with E-state index in [2.05, 4.69) is 6.92 Å². The van der Waals surface area contributed by atoms with E-state index in [0.29, 0.717) is 12.2 Å². The minimum Gasteiger partial charge on any atom is -0.507 e. The monoisotopic (exact) mass is 368 g/mol. The van der Waals surface area contributed by atoms with Gasteiger partial charge in [0.2, 0.25) is 0 Å². The summed E-state index contributed by atoms with van der Waals surface area (Å²) in [4.78, 5) is 24.2. The van der Waals surface area contributed by atoms with Crippen LogP contribution in [-0.4, -0.2) is 30.3 Å². The van der Waals surface area contributed by atoms with Crippen molar-refractivity contribution >= 4 is 11.9 Å². The fourth-order valence-corrected chi connectivity index (χ4v) is 3.74. The van der Waals surface area contributed by atoms with E-state index in [4.69, 9.17) is 9.47 Å². The van der Waals surface area contributed by atoms with Crippen LogP contribution in [0.25, 0.3) is 11.1 Å². The van der Waals surface area contributed by atoms with Crippen molar-refractivity contribution in [1.82, 2.24) is 0 Å². The van der Waals surface area contributed by atoms with Gasteiger partial charge in [0.1, 0.15) is 11.3 Å². The summed E-state index contributed by atoms with van der Waals surface area (Å²) >= 11 is 0. The second-order valence-corrected chi connectivity index (χ2v) is 6.67. The lowest BCUT2D eigenvalue weighted by molar-refractivity contribution is 0.0514. The van der Waals surface area contributed by atoms with E-state index in [1.54, 1.807) is 32.0 Å². The summed E-state index contributed by atoms with van der Waals surface area (Å²) in [5.41, 5.74) is 4.47. The molecular weight excluding hydrogens is 344 g/mol. The zero-order valence-electron chi connectivity index (χ0n) is 15.9. The van der Waals surface area contributed by atoms with Crippen molar-refractivity contribution in [2.75, 3.05) is 13.2 Å². The molecule has 0 heterocycles. The summed E-state index contributed by atoms with van der Waals surface area (Å²) in [6.45, 7) is 6.23. The fraction of sp³-hybridized carbons (Fsp3) is 0.364. The van der Waals surface area contributed by atoms with Crippen LogP contribution in [0, 0.1) is 0 Å². The number of fused-ring (bicyclic) bond motifs is 1. The Bertz CT molecular complexity index is 867. The molecule has 5 heteroatoms. The van der Waals surface area contributed by atoms with Crippen molar-refractivity contribution in [3.63, 3.8) is 0 Å². The van der Waals surface area contributed by atoms with Crippen molar-refractivity contribution in [3.05, 3.63) is 52.6 Å². The van der Waals surface area contributed by atoms with E-state index in [1.807, 2.05) is 12.1 Å². The number of aromatic hydroxyl groups is 1. The summed E-state index contributed by atoms with van der Waals surface area (Å²) in [6.07, 6.45) is 1.64. The van der Waals surface area contributed by atoms with Crippen LogP contribution in [0.5, 0.6) is 5.75 Å². The lowest BCUT2D eigenvalue weighted by atomic mass is 9.89. The van der Waals surface area contributed by atoms with Gasteiger partial charge in [0, 0.05) is 0 Å². The van der Waals surface area contributed by atoms with Crippen LogP contribution in [-0.2, 0) is 15.9 Å². The Morgan fingerprint density at radius 3 is 2.33 bits per heavy atom. The van der Waals surface area contributed by atoms with Crippen molar-refractivity contribution in [2.45, 2.75) is 39.5 Å². The van der Waals surface area contributed by atoms with Gasteiger partial charge in [-0.15, -0.1) is 0 Å². The standard InChI is InChI=1S/C22H24O5/c1-4-26-21(24)15-9-7-14(8-10-15)17-12-18(23)20(22(25)27-5-2)16-11-6-13(3)19(16)17/h7-10,12-13,23H,4-6,11H2,1-3H3. The number of rotatable bonds is 5. The molecule has 1 N–H and O–H groups in total. The van der Waals surface area contributed by atoms with Gasteiger partial charge < -0.3 is 14.6 Å². The van der Waals surface area contributed by atoms with Gasteiger partial charge in [0.15, 0.2) is 0 Å². The van der Waals surface area contributed by atoms with Gasteiger partial charge in [-0.3, -0.25) is 0 Å². The van der Waals surface area contributed by atoms with Gasteiger partial charge in [-0.25, -0.2) is 9.59 Å². The molecule has 0 aromatic heterocycles. The molecule has 1 unspecified atom stereocenters. The Hall–Kier alpha value is -2.82. The van der Waals surface area contributed by atoms with E-state index in [9.17, 15) is 14.7 Å². The molecule has 142 valence electrons. The summed E-state index contributed by atoms with van der Waals surface area (Å²) in [7, 11) is 0. The maximum Gasteiger partial charge on any atom is 0.342 e. The molecule has 0 bridgehead atoms. The Morgan fingerprint density at radius 1 is 1.07 bits per heavy atom. The van der Waals surface area contributed by atoms with Gasteiger partial charge in [-0.1, -0.05) is 19.1 Å². The molecule has 2 aromatic carbocycles. The zero-order chi connectivity index (χ0) is 19.6. The Morgan fingerprint density at radius 2 is 1.70 bits per heavy atom. The van der Waals surface area contributed by atoms with E-state index in [1.165, 1.54) is 0 Å². The van der Waals surface area contributed by atoms with Crippen LogP contribution < -0.4 is 0 Å². The number of phenols is 1. The number of phenolic OH excluding ortho intramolecular Hbond substituents is 1. The molecule has 1 atom stereocenters. The fourth-order valence-electron chi connectivity index (χ4n) is 3.74. The topological polar surface area (TPSA) is 72.8 Å².